The highest BCUT2D eigenvalue weighted by Gasteiger charge is 2.31. The van der Waals surface area contributed by atoms with Crippen LogP contribution in [0, 0.1) is 6.92 Å². The van der Waals surface area contributed by atoms with E-state index in [0.29, 0.717) is 17.8 Å². The number of fused-ring (bicyclic) bond motifs is 1. The minimum absolute atomic E-state index is 0.0291. The van der Waals surface area contributed by atoms with E-state index in [9.17, 15) is 28.7 Å². The minimum Gasteiger partial charge on any atom is -0.366 e. The van der Waals surface area contributed by atoms with Crippen LogP contribution in [0.4, 0.5) is 5.82 Å². The summed E-state index contributed by atoms with van der Waals surface area (Å²) in [6.45, 7) is 1.82. The molecule has 0 fully saturated rings. The number of primary amides is 1. The summed E-state index contributed by atoms with van der Waals surface area (Å²) in [5.41, 5.74) is 6.64. The van der Waals surface area contributed by atoms with Crippen LogP contribution in [0.15, 0.2) is 54.7 Å². The van der Waals surface area contributed by atoms with Crippen LogP contribution in [0.2, 0.25) is 0 Å². The van der Waals surface area contributed by atoms with Crippen LogP contribution in [0.1, 0.15) is 22.5 Å². The number of pyridine rings is 1. The zero-order chi connectivity index (χ0) is 25.3. The maximum Gasteiger partial charge on any atom is 0.356 e. The molecule has 0 spiro atoms. The maximum atomic E-state index is 13.3. The Morgan fingerprint density at radius 1 is 1.20 bits per heavy atom. The Morgan fingerprint density at radius 3 is 2.66 bits per heavy atom. The van der Waals surface area contributed by atoms with E-state index in [2.05, 4.69) is 10.3 Å². The lowest BCUT2D eigenvalue weighted by molar-refractivity contribution is -0.138. The summed E-state index contributed by atoms with van der Waals surface area (Å²) in [6, 6.07) is 8.35. The predicted octanol–water partition coefficient (Wildman–Crippen LogP) is 1.04. The van der Waals surface area contributed by atoms with Crippen molar-refractivity contribution in [2.45, 2.75) is 25.9 Å². The summed E-state index contributed by atoms with van der Waals surface area (Å²) < 4.78 is 13.1. The molecule has 0 radical (unpaired) electrons. The van der Waals surface area contributed by atoms with Crippen molar-refractivity contribution >= 4 is 47.3 Å². The fourth-order valence-electron chi connectivity index (χ4n) is 4.04. The van der Waals surface area contributed by atoms with Crippen LogP contribution in [0.25, 0.3) is 10.9 Å². The van der Waals surface area contributed by atoms with Gasteiger partial charge in [-0.05, 0) is 43.7 Å². The quantitative estimate of drug-likeness (QED) is 0.291. The average molecular weight is 497 g/mol. The second-order valence-electron chi connectivity index (χ2n) is 8.20. The molecule has 0 bridgehead atoms. The SMILES string of the molecule is Cc1cccc(NC(=O)[C@@H]2CC=CCN2C(=O)Cn2cc(C(N)=O)c3cc(P(=O)(O)O)ccc32)n1. The predicted molar refractivity (Wildman–Crippen MR) is 129 cm³/mol. The monoisotopic (exact) mass is 497 g/mol. The number of amides is 3. The first kappa shape index (κ1) is 24.3. The number of anilines is 1. The van der Waals surface area contributed by atoms with Crippen molar-refractivity contribution in [2.75, 3.05) is 11.9 Å². The average Bonchev–Trinajstić information content (AvgIpc) is 3.16. The molecule has 3 aromatic rings. The number of hydrogen-bond acceptors (Lipinski definition) is 5. The Balaban J connectivity index is 1.60. The van der Waals surface area contributed by atoms with E-state index >= 15 is 0 Å². The first-order valence-corrected chi connectivity index (χ1v) is 12.3. The van der Waals surface area contributed by atoms with Gasteiger partial charge in [-0.15, -0.1) is 0 Å². The number of nitrogens with two attached hydrogens (primary N) is 1. The number of aryl methyl sites for hydroxylation is 1. The van der Waals surface area contributed by atoms with Gasteiger partial charge >= 0.3 is 7.60 Å². The molecule has 1 aliphatic heterocycles. The van der Waals surface area contributed by atoms with Gasteiger partial charge in [0.2, 0.25) is 11.8 Å². The van der Waals surface area contributed by atoms with Gasteiger partial charge in [0.1, 0.15) is 18.4 Å². The summed E-state index contributed by atoms with van der Waals surface area (Å²) in [5.74, 6) is -1.16. The van der Waals surface area contributed by atoms with E-state index in [0.717, 1.165) is 5.69 Å². The number of rotatable bonds is 6. The zero-order valence-electron chi connectivity index (χ0n) is 18.8. The number of aromatic nitrogens is 2. The molecule has 5 N–H and O–H groups in total. The summed E-state index contributed by atoms with van der Waals surface area (Å²) >= 11 is 0. The Morgan fingerprint density at radius 2 is 1.97 bits per heavy atom. The second kappa shape index (κ2) is 9.46. The lowest BCUT2D eigenvalue weighted by Crippen LogP contribution is -2.49. The van der Waals surface area contributed by atoms with Gasteiger partial charge in [-0.25, -0.2) is 4.98 Å². The van der Waals surface area contributed by atoms with Gasteiger partial charge in [0.05, 0.1) is 10.9 Å². The Labute approximate surface area is 200 Å². The number of hydrogen-bond donors (Lipinski definition) is 4. The summed E-state index contributed by atoms with van der Waals surface area (Å²) in [7, 11) is -4.56. The van der Waals surface area contributed by atoms with Crippen LogP contribution in [0.3, 0.4) is 0 Å². The Hall–Kier alpha value is -3.79. The van der Waals surface area contributed by atoms with Crippen molar-refractivity contribution in [1.29, 1.82) is 0 Å². The number of nitrogens with zero attached hydrogens (tertiary/aromatic N) is 3. The largest absolute Gasteiger partial charge is 0.366 e. The molecule has 0 unspecified atom stereocenters. The molecule has 0 aliphatic carbocycles. The van der Waals surface area contributed by atoms with Gasteiger partial charge in [0.15, 0.2) is 0 Å². The van der Waals surface area contributed by atoms with Crippen LogP contribution >= 0.6 is 7.60 Å². The van der Waals surface area contributed by atoms with Crippen molar-refractivity contribution in [3.05, 3.63) is 66.0 Å². The molecule has 2 aromatic heterocycles. The van der Waals surface area contributed by atoms with Crippen molar-refractivity contribution in [1.82, 2.24) is 14.5 Å². The molecule has 1 aliphatic rings. The van der Waals surface area contributed by atoms with Crippen molar-refractivity contribution in [2.24, 2.45) is 5.73 Å². The molecule has 182 valence electrons. The molecular weight excluding hydrogens is 473 g/mol. The van der Waals surface area contributed by atoms with Crippen LogP contribution < -0.4 is 16.4 Å². The van der Waals surface area contributed by atoms with Crippen LogP contribution in [0.5, 0.6) is 0 Å². The van der Waals surface area contributed by atoms with Crippen LogP contribution in [-0.4, -0.2) is 54.5 Å². The Bertz CT molecular complexity index is 1410. The first-order chi connectivity index (χ1) is 16.5. The summed E-state index contributed by atoms with van der Waals surface area (Å²) in [4.78, 5) is 62.9. The highest BCUT2D eigenvalue weighted by Crippen LogP contribution is 2.35. The molecule has 11 nitrogen and oxygen atoms in total. The van der Waals surface area contributed by atoms with Crippen molar-refractivity contribution in [3.63, 3.8) is 0 Å². The van der Waals surface area contributed by atoms with E-state index in [-0.39, 0.29) is 41.2 Å². The molecule has 3 amide bonds. The second-order valence-corrected chi connectivity index (χ2v) is 9.81. The number of carbonyl (C=O) groups excluding carboxylic acids is 3. The Kier molecular flexibility index (Phi) is 6.58. The third kappa shape index (κ3) is 5.17. The van der Waals surface area contributed by atoms with E-state index < -0.39 is 19.5 Å². The lowest BCUT2D eigenvalue weighted by atomic mass is 10.1. The fourth-order valence-corrected chi connectivity index (χ4v) is 4.61. The van der Waals surface area contributed by atoms with Gasteiger partial charge < -0.3 is 30.3 Å². The minimum atomic E-state index is -4.56. The number of benzene rings is 1. The zero-order valence-corrected chi connectivity index (χ0v) is 19.7. The van der Waals surface area contributed by atoms with E-state index in [1.165, 1.54) is 33.9 Å². The van der Waals surface area contributed by atoms with Gasteiger partial charge in [-0.1, -0.05) is 18.2 Å². The van der Waals surface area contributed by atoms with E-state index in [1.54, 1.807) is 31.2 Å². The molecule has 0 saturated carbocycles. The maximum absolute atomic E-state index is 13.3. The fraction of sp³-hybridized carbons (Fsp3) is 0.217. The van der Waals surface area contributed by atoms with Gasteiger partial charge in [-0.2, -0.15) is 0 Å². The van der Waals surface area contributed by atoms with Crippen LogP contribution in [-0.2, 0) is 20.7 Å². The number of nitrogens with one attached hydrogen (secondary N) is 1. The van der Waals surface area contributed by atoms with Gasteiger partial charge in [0.25, 0.3) is 5.91 Å². The standard InChI is InChI=1S/C23H24N5O6P/c1-14-5-4-7-20(25-14)26-23(31)19-6-2-3-10-28(19)21(29)13-27-12-17(22(24)30)16-11-15(35(32,33)34)8-9-18(16)27/h2-5,7-9,11-12,19H,6,10,13H2,1H3,(H2,24,30)(H,25,26,31)(H2,32,33,34)/t19-/m0/s1. The molecule has 0 saturated heterocycles. The van der Waals surface area contributed by atoms with Crippen molar-refractivity contribution in [3.8, 4) is 0 Å². The van der Waals surface area contributed by atoms with Crippen molar-refractivity contribution < 1.29 is 28.7 Å². The smallest absolute Gasteiger partial charge is 0.356 e. The third-order valence-electron chi connectivity index (χ3n) is 5.74. The summed E-state index contributed by atoms with van der Waals surface area (Å²) in [5, 5.41) is 2.71. The molecular formula is C23H24N5O6P. The molecule has 35 heavy (non-hydrogen) atoms. The molecule has 3 heterocycles. The normalized spacial score (nSPS) is 15.9. The third-order valence-corrected chi connectivity index (χ3v) is 6.69. The lowest BCUT2D eigenvalue weighted by Gasteiger charge is -2.32. The highest BCUT2D eigenvalue weighted by atomic mass is 31.2. The highest BCUT2D eigenvalue weighted by molar-refractivity contribution is 7.60. The topological polar surface area (TPSA) is 168 Å². The molecule has 4 rings (SSSR count). The van der Waals surface area contributed by atoms with Gasteiger partial charge in [-0.3, -0.25) is 18.9 Å². The molecule has 1 atom stereocenters. The summed E-state index contributed by atoms with van der Waals surface area (Å²) in [6.07, 6.45) is 5.33. The number of carbonyl (C=O) groups is 3. The van der Waals surface area contributed by atoms with E-state index in [4.69, 9.17) is 5.73 Å². The molecule has 12 heteroatoms. The first-order valence-electron chi connectivity index (χ1n) is 10.7. The molecule has 1 aromatic carbocycles. The van der Waals surface area contributed by atoms with E-state index in [1.807, 2.05) is 6.08 Å². The van der Waals surface area contributed by atoms with Gasteiger partial charge in [0, 0.05) is 29.3 Å².